The van der Waals surface area contributed by atoms with Crippen molar-refractivity contribution in [3.8, 4) is 5.75 Å². The molecule has 1 atom stereocenters. The van der Waals surface area contributed by atoms with Gasteiger partial charge in [0.15, 0.2) is 11.7 Å². The number of benzene rings is 2. The molecule has 1 aliphatic rings. The number of rotatable bonds is 6. The predicted molar refractivity (Wildman–Crippen MR) is 108 cm³/mol. The van der Waals surface area contributed by atoms with Crippen molar-refractivity contribution in [2.24, 2.45) is 0 Å². The molecule has 2 aromatic carbocycles. The van der Waals surface area contributed by atoms with Crippen molar-refractivity contribution in [1.29, 1.82) is 0 Å². The first-order chi connectivity index (χ1) is 13.2. The van der Waals surface area contributed by atoms with Gasteiger partial charge in [-0.15, -0.1) is 0 Å². The maximum absolute atomic E-state index is 12.9. The molecule has 0 N–H and O–H groups in total. The SMILES string of the molecule is O=C(COc1ccccc1)N(CC1CCCO1)c1nc2c(Cl)cccc2s1. The van der Waals surface area contributed by atoms with E-state index in [2.05, 4.69) is 4.98 Å². The summed E-state index contributed by atoms with van der Waals surface area (Å²) in [6.07, 6.45) is 1.97. The normalized spacial score (nSPS) is 16.6. The zero-order chi connectivity index (χ0) is 18.6. The first-order valence-electron chi connectivity index (χ1n) is 8.85. The summed E-state index contributed by atoms with van der Waals surface area (Å²) in [5.74, 6) is 0.514. The Morgan fingerprint density at radius 1 is 1.26 bits per heavy atom. The average molecular weight is 403 g/mol. The zero-order valence-corrected chi connectivity index (χ0v) is 16.2. The van der Waals surface area contributed by atoms with Crippen LogP contribution < -0.4 is 9.64 Å². The minimum absolute atomic E-state index is 0.0214. The van der Waals surface area contributed by atoms with Gasteiger partial charge in [0.25, 0.3) is 5.91 Å². The Labute approximate surface area is 166 Å². The molecular formula is C20H19ClN2O3S. The van der Waals surface area contributed by atoms with Crippen LogP contribution in [0.5, 0.6) is 5.75 Å². The Hall–Kier alpha value is -2.15. The molecule has 1 saturated heterocycles. The third-order valence-electron chi connectivity index (χ3n) is 4.41. The highest BCUT2D eigenvalue weighted by Crippen LogP contribution is 2.33. The van der Waals surface area contributed by atoms with Gasteiger partial charge in [-0.3, -0.25) is 9.69 Å². The number of hydrogen-bond donors (Lipinski definition) is 0. The van der Waals surface area contributed by atoms with Crippen LogP contribution in [0.4, 0.5) is 5.13 Å². The number of aromatic nitrogens is 1. The van der Waals surface area contributed by atoms with Crippen LogP contribution in [0.15, 0.2) is 48.5 Å². The molecule has 1 aliphatic heterocycles. The van der Waals surface area contributed by atoms with Crippen LogP contribution in [0.3, 0.4) is 0 Å². The molecule has 0 saturated carbocycles. The summed E-state index contributed by atoms with van der Waals surface area (Å²) >= 11 is 7.71. The first-order valence-corrected chi connectivity index (χ1v) is 10.0. The van der Waals surface area contributed by atoms with E-state index in [0.717, 1.165) is 24.1 Å². The van der Waals surface area contributed by atoms with E-state index in [1.165, 1.54) is 11.3 Å². The van der Waals surface area contributed by atoms with E-state index in [0.29, 0.717) is 28.0 Å². The molecular weight excluding hydrogens is 384 g/mol. The maximum Gasteiger partial charge on any atom is 0.266 e. The second kappa shape index (κ2) is 8.25. The summed E-state index contributed by atoms with van der Waals surface area (Å²) in [6, 6.07) is 15.0. The molecule has 0 bridgehead atoms. The second-order valence-corrected chi connectivity index (χ2v) is 7.74. The first kappa shape index (κ1) is 18.2. The van der Waals surface area contributed by atoms with Crippen molar-refractivity contribution >= 4 is 44.2 Å². The van der Waals surface area contributed by atoms with Crippen LogP contribution in [-0.4, -0.2) is 36.8 Å². The molecule has 1 fully saturated rings. The number of fused-ring (bicyclic) bond motifs is 1. The van der Waals surface area contributed by atoms with Gasteiger partial charge in [-0.1, -0.05) is 47.2 Å². The number of carbonyl (C=O) groups is 1. The molecule has 3 aromatic rings. The van der Waals surface area contributed by atoms with Gasteiger partial charge in [0.1, 0.15) is 11.3 Å². The molecule has 5 nitrogen and oxygen atoms in total. The number of anilines is 1. The molecule has 0 spiro atoms. The van der Waals surface area contributed by atoms with Crippen LogP contribution in [0.2, 0.25) is 5.02 Å². The number of carbonyl (C=O) groups excluding carboxylic acids is 1. The van der Waals surface area contributed by atoms with Crippen LogP contribution >= 0.6 is 22.9 Å². The van der Waals surface area contributed by atoms with Gasteiger partial charge in [-0.2, -0.15) is 0 Å². The van der Waals surface area contributed by atoms with E-state index in [4.69, 9.17) is 21.1 Å². The molecule has 2 heterocycles. The standard InChI is InChI=1S/C20H19ClN2O3S/c21-16-9-4-10-17-19(16)22-20(27-17)23(12-15-8-5-11-25-15)18(24)13-26-14-6-2-1-3-7-14/h1-4,6-7,9-10,15H,5,8,11-13H2. The zero-order valence-electron chi connectivity index (χ0n) is 14.6. The van der Waals surface area contributed by atoms with Gasteiger partial charge in [-0.05, 0) is 37.1 Å². The minimum Gasteiger partial charge on any atom is -0.484 e. The van der Waals surface area contributed by atoms with Crippen LogP contribution in [0.1, 0.15) is 12.8 Å². The average Bonchev–Trinajstić information content (AvgIpc) is 3.35. The molecule has 7 heteroatoms. The maximum atomic E-state index is 12.9. The van der Waals surface area contributed by atoms with Crippen LogP contribution in [0, 0.1) is 0 Å². The van der Waals surface area contributed by atoms with Crippen molar-refractivity contribution in [3.05, 3.63) is 53.6 Å². The van der Waals surface area contributed by atoms with E-state index >= 15 is 0 Å². The molecule has 0 radical (unpaired) electrons. The number of ether oxygens (including phenoxy) is 2. The summed E-state index contributed by atoms with van der Waals surface area (Å²) in [5, 5.41) is 1.20. The van der Waals surface area contributed by atoms with E-state index in [9.17, 15) is 4.79 Å². The molecule has 1 aromatic heterocycles. The predicted octanol–water partition coefficient (Wildman–Crippen LogP) is 4.54. The Morgan fingerprint density at radius 3 is 2.85 bits per heavy atom. The topological polar surface area (TPSA) is 51.7 Å². The third-order valence-corrected chi connectivity index (χ3v) is 5.75. The minimum atomic E-state index is -0.149. The van der Waals surface area contributed by atoms with Gasteiger partial charge >= 0.3 is 0 Å². The van der Waals surface area contributed by atoms with Crippen molar-refractivity contribution < 1.29 is 14.3 Å². The van der Waals surface area contributed by atoms with E-state index < -0.39 is 0 Å². The van der Waals surface area contributed by atoms with Crippen LogP contribution in [-0.2, 0) is 9.53 Å². The van der Waals surface area contributed by atoms with Crippen molar-refractivity contribution in [2.75, 3.05) is 24.7 Å². The van der Waals surface area contributed by atoms with Gasteiger partial charge in [0.05, 0.1) is 22.4 Å². The summed E-state index contributed by atoms with van der Waals surface area (Å²) in [7, 11) is 0. The van der Waals surface area contributed by atoms with Gasteiger partial charge in [0, 0.05) is 6.61 Å². The Kier molecular flexibility index (Phi) is 5.57. The van der Waals surface area contributed by atoms with Crippen molar-refractivity contribution in [2.45, 2.75) is 18.9 Å². The molecule has 1 amide bonds. The highest BCUT2D eigenvalue weighted by atomic mass is 35.5. The molecule has 0 aliphatic carbocycles. The number of thiazole rings is 1. The summed E-state index contributed by atoms with van der Waals surface area (Å²) in [5.41, 5.74) is 0.716. The Morgan fingerprint density at radius 2 is 2.11 bits per heavy atom. The van der Waals surface area contributed by atoms with E-state index in [1.54, 1.807) is 11.0 Å². The fourth-order valence-corrected chi connectivity index (χ4v) is 4.33. The molecule has 140 valence electrons. The van der Waals surface area contributed by atoms with Crippen molar-refractivity contribution in [3.63, 3.8) is 0 Å². The molecule has 1 unspecified atom stereocenters. The van der Waals surface area contributed by atoms with Crippen molar-refractivity contribution in [1.82, 2.24) is 4.98 Å². The smallest absolute Gasteiger partial charge is 0.266 e. The lowest BCUT2D eigenvalue weighted by molar-refractivity contribution is -0.120. The fraction of sp³-hybridized carbons (Fsp3) is 0.300. The second-order valence-electron chi connectivity index (χ2n) is 6.32. The van der Waals surface area contributed by atoms with Gasteiger partial charge in [-0.25, -0.2) is 4.98 Å². The lowest BCUT2D eigenvalue weighted by Crippen LogP contribution is -2.40. The Balaban J connectivity index is 1.57. The molecule has 27 heavy (non-hydrogen) atoms. The number of hydrogen-bond acceptors (Lipinski definition) is 5. The lowest BCUT2D eigenvalue weighted by Gasteiger charge is -2.23. The number of halogens is 1. The number of nitrogens with zero attached hydrogens (tertiary/aromatic N) is 2. The number of para-hydroxylation sites is 2. The summed E-state index contributed by atoms with van der Waals surface area (Å²) < 4.78 is 12.3. The van der Waals surface area contributed by atoms with Crippen LogP contribution in [0.25, 0.3) is 10.2 Å². The summed E-state index contributed by atoms with van der Waals surface area (Å²) in [4.78, 5) is 19.2. The highest BCUT2D eigenvalue weighted by molar-refractivity contribution is 7.22. The Bertz CT molecular complexity index is 925. The summed E-state index contributed by atoms with van der Waals surface area (Å²) in [6.45, 7) is 1.15. The largest absolute Gasteiger partial charge is 0.484 e. The van der Waals surface area contributed by atoms with E-state index in [1.807, 2.05) is 42.5 Å². The lowest BCUT2D eigenvalue weighted by atomic mass is 10.2. The third kappa shape index (κ3) is 4.24. The fourth-order valence-electron chi connectivity index (χ4n) is 3.04. The molecule has 4 rings (SSSR count). The highest BCUT2D eigenvalue weighted by Gasteiger charge is 2.26. The monoisotopic (exact) mass is 402 g/mol. The van der Waals surface area contributed by atoms with Gasteiger partial charge in [0.2, 0.25) is 0 Å². The number of amides is 1. The van der Waals surface area contributed by atoms with E-state index in [-0.39, 0.29) is 18.6 Å². The quantitative estimate of drug-likeness (QED) is 0.607. The van der Waals surface area contributed by atoms with Gasteiger partial charge < -0.3 is 9.47 Å².